The summed E-state index contributed by atoms with van der Waals surface area (Å²) in [5, 5.41) is 18.0. The molecular formula is C12H14ClNO6S. The van der Waals surface area contributed by atoms with Crippen LogP contribution in [0.4, 0.5) is 0 Å². The second kappa shape index (κ2) is 6.29. The highest BCUT2D eigenvalue weighted by Crippen LogP contribution is 2.27. The Morgan fingerprint density at radius 3 is 2.81 bits per heavy atom. The van der Waals surface area contributed by atoms with Crippen LogP contribution in [0.1, 0.15) is 10.4 Å². The molecule has 1 aromatic rings. The molecule has 1 heterocycles. The van der Waals surface area contributed by atoms with Gasteiger partial charge in [-0.15, -0.1) is 0 Å². The van der Waals surface area contributed by atoms with E-state index in [0.717, 1.165) is 10.4 Å². The first-order chi connectivity index (χ1) is 9.86. The van der Waals surface area contributed by atoms with Gasteiger partial charge >= 0.3 is 5.97 Å². The van der Waals surface area contributed by atoms with Crippen molar-refractivity contribution in [2.45, 2.75) is 11.0 Å². The summed E-state index contributed by atoms with van der Waals surface area (Å²) in [7, 11) is -3.94. The summed E-state index contributed by atoms with van der Waals surface area (Å²) in [5.74, 6) is -1.24. The van der Waals surface area contributed by atoms with Gasteiger partial charge in [0.2, 0.25) is 10.0 Å². The van der Waals surface area contributed by atoms with Gasteiger partial charge in [0.1, 0.15) is 4.90 Å². The fraction of sp³-hybridized carbons (Fsp3) is 0.417. The maximum atomic E-state index is 12.6. The summed E-state index contributed by atoms with van der Waals surface area (Å²) in [5.41, 5.74) is -0.162. The first-order valence-electron chi connectivity index (χ1n) is 6.11. The van der Waals surface area contributed by atoms with E-state index in [-0.39, 0.29) is 41.8 Å². The minimum absolute atomic E-state index is 0.00748. The van der Waals surface area contributed by atoms with Crippen molar-refractivity contribution >= 4 is 27.6 Å². The van der Waals surface area contributed by atoms with Crippen LogP contribution in [0.3, 0.4) is 0 Å². The normalized spacial score (nSPS) is 20.4. The Hall–Kier alpha value is -1.19. The van der Waals surface area contributed by atoms with Crippen LogP contribution in [-0.4, -0.2) is 61.3 Å². The molecule has 0 spiro atoms. The van der Waals surface area contributed by atoms with Crippen molar-refractivity contribution in [1.82, 2.24) is 4.31 Å². The van der Waals surface area contributed by atoms with Crippen LogP contribution in [0.15, 0.2) is 23.1 Å². The van der Waals surface area contributed by atoms with E-state index < -0.39 is 22.1 Å². The zero-order valence-electron chi connectivity index (χ0n) is 10.9. The third-order valence-corrected chi connectivity index (χ3v) is 5.45. The van der Waals surface area contributed by atoms with Gasteiger partial charge in [-0.1, -0.05) is 11.6 Å². The van der Waals surface area contributed by atoms with Gasteiger partial charge in [-0.3, -0.25) is 0 Å². The maximum absolute atomic E-state index is 12.6. The van der Waals surface area contributed by atoms with Gasteiger partial charge in [-0.2, -0.15) is 4.31 Å². The molecule has 116 valence electrons. The Morgan fingerprint density at radius 2 is 2.19 bits per heavy atom. The summed E-state index contributed by atoms with van der Waals surface area (Å²) in [6.45, 7) is -0.0332. The molecule has 1 unspecified atom stereocenters. The lowest BCUT2D eigenvalue weighted by atomic mass is 10.2. The Morgan fingerprint density at radius 1 is 1.48 bits per heavy atom. The monoisotopic (exact) mass is 335 g/mol. The first kappa shape index (κ1) is 16.2. The van der Waals surface area contributed by atoms with Gasteiger partial charge in [-0.25, -0.2) is 13.2 Å². The van der Waals surface area contributed by atoms with Crippen LogP contribution >= 0.6 is 11.6 Å². The molecule has 1 saturated heterocycles. The number of hydrogen-bond acceptors (Lipinski definition) is 5. The highest BCUT2D eigenvalue weighted by Gasteiger charge is 2.32. The van der Waals surface area contributed by atoms with Gasteiger partial charge < -0.3 is 14.9 Å². The van der Waals surface area contributed by atoms with Gasteiger partial charge in [0.15, 0.2) is 0 Å². The van der Waals surface area contributed by atoms with Crippen LogP contribution in [0.5, 0.6) is 0 Å². The molecule has 1 atom stereocenters. The third-order valence-electron chi connectivity index (χ3n) is 3.10. The molecule has 9 heteroatoms. The average Bonchev–Trinajstić information content (AvgIpc) is 2.47. The zero-order valence-corrected chi connectivity index (χ0v) is 12.5. The van der Waals surface area contributed by atoms with Crippen molar-refractivity contribution in [1.29, 1.82) is 0 Å². The number of nitrogens with zero attached hydrogens (tertiary/aromatic N) is 1. The predicted octanol–water partition coefficient (Wildman–Crippen LogP) is 0.420. The van der Waals surface area contributed by atoms with Crippen LogP contribution < -0.4 is 0 Å². The SMILES string of the molecule is O=C(O)c1ccc(Cl)c(S(=O)(=O)N2CCOC(CO)C2)c1. The number of carboxylic acids is 1. The quantitative estimate of drug-likeness (QED) is 0.826. The molecule has 2 rings (SSSR count). The first-order valence-corrected chi connectivity index (χ1v) is 7.93. The number of morpholine rings is 1. The molecule has 2 N–H and O–H groups in total. The van der Waals surface area contributed by atoms with Gasteiger partial charge in [-0.05, 0) is 18.2 Å². The molecule has 0 radical (unpaired) electrons. The molecule has 1 aliphatic heterocycles. The number of halogens is 1. The number of ether oxygens (including phenoxy) is 1. The number of rotatable bonds is 4. The van der Waals surface area contributed by atoms with Crippen LogP contribution in [0.2, 0.25) is 5.02 Å². The van der Waals surface area contributed by atoms with Crippen molar-refractivity contribution in [2.75, 3.05) is 26.3 Å². The fourth-order valence-corrected chi connectivity index (χ4v) is 3.95. The van der Waals surface area contributed by atoms with Crippen molar-refractivity contribution in [3.63, 3.8) is 0 Å². The minimum atomic E-state index is -3.94. The van der Waals surface area contributed by atoms with Gasteiger partial charge in [0.25, 0.3) is 0 Å². The second-order valence-electron chi connectivity index (χ2n) is 4.49. The standard InChI is InChI=1S/C12H14ClNO6S/c13-10-2-1-8(12(16)17)5-11(10)21(18,19)14-3-4-20-9(6-14)7-15/h1-2,5,9,15H,3-4,6-7H2,(H,16,17). The predicted molar refractivity (Wildman–Crippen MR) is 74.0 cm³/mol. The van der Waals surface area contributed by atoms with Crippen molar-refractivity contribution < 1.29 is 28.2 Å². The lowest BCUT2D eigenvalue weighted by Crippen LogP contribution is -2.46. The molecule has 1 aromatic carbocycles. The lowest BCUT2D eigenvalue weighted by Gasteiger charge is -2.31. The number of benzene rings is 1. The number of hydrogen-bond donors (Lipinski definition) is 2. The van der Waals surface area contributed by atoms with E-state index in [0.29, 0.717) is 0 Å². The number of aliphatic hydroxyl groups excluding tert-OH is 1. The van der Waals surface area contributed by atoms with E-state index in [2.05, 4.69) is 0 Å². The highest BCUT2D eigenvalue weighted by atomic mass is 35.5. The van der Waals surface area contributed by atoms with Crippen molar-refractivity contribution in [3.8, 4) is 0 Å². The molecule has 0 aromatic heterocycles. The molecular weight excluding hydrogens is 322 g/mol. The number of carboxylic acid groups (broad SMARTS) is 1. The largest absolute Gasteiger partial charge is 0.478 e. The highest BCUT2D eigenvalue weighted by molar-refractivity contribution is 7.89. The second-order valence-corrected chi connectivity index (χ2v) is 6.80. The summed E-state index contributed by atoms with van der Waals surface area (Å²) < 4.78 is 31.4. The maximum Gasteiger partial charge on any atom is 0.335 e. The molecule has 0 saturated carbocycles. The van der Waals surface area contributed by atoms with E-state index in [9.17, 15) is 13.2 Å². The molecule has 7 nitrogen and oxygen atoms in total. The summed E-state index contributed by atoms with van der Waals surface area (Å²) in [6.07, 6.45) is -0.602. The van der Waals surface area contributed by atoms with Gasteiger partial charge in [0.05, 0.1) is 29.9 Å². The Labute approximate surface area is 126 Å². The zero-order chi connectivity index (χ0) is 15.6. The molecule has 0 bridgehead atoms. The molecule has 21 heavy (non-hydrogen) atoms. The Balaban J connectivity index is 2.39. The summed E-state index contributed by atoms with van der Waals surface area (Å²) in [6, 6.07) is 3.50. The topological polar surface area (TPSA) is 104 Å². The smallest absolute Gasteiger partial charge is 0.335 e. The third kappa shape index (κ3) is 3.35. The number of sulfonamides is 1. The summed E-state index contributed by atoms with van der Waals surface area (Å²) in [4.78, 5) is 10.7. The van der Waals surface area contributed by atoms with Crippen LogP contribution in [-0.2, 0) is 14.8 Å². The molecule has 0 amide bonds. The van der Waals surface area contributed by atoms with E-state index in [4.69, 9.17) is 26.6 Å². The summed E-state index contributed by atoms with van der Waals surface area (Å²) >= 11 is 5.90. The number of carbonyl (C=O) groups is 1. The van der Waals surface area contributed by atoms with E-state index in [1.807, 2.05) is 0 Å². The molecule has 0 aliphatic carbocycles. The van der Waals surface area contributed by atoms with Crippen molar-refractivity contribution in [3.05, 3.63) is 28.8 Å². The lowest BCUT2D eigenvalue weighted by molar-refractivity contribution is -0.0304. The van der Waals surface area contributed by atoms with Crippen molar-refractivity contribution in [2.24, 2.45) is 0 Å². The Bertz CT molecular complexity index is 647. The van der Waals surface area contributed by atoms with E-state index in [1.165, 1.54) is 12.1 Å². The molecule has 1 aliphatic rings. The number of aliphatic hydroxyl groups is 1. The Kier molecular flexibility index (Phi) is 4.84. The average molecular weight is 336 g/mol. The van der Waals surface area contributed by atoms with E-state index >= 15 is 0 Å². The minimum Gasteiger partial charge on any atom is -0.478 e. The van der Waals surface area contributed by atoms with Gasteiger partial charge in [0, 0.05) is 13.1 Å². The number of aromatic carboxylic acids is 1. The van der Waals surface area contributed by atoms with Crippen LogP contribution in [0.25, 0.3) is 0 Å². The molecule has 1 fully saturated rings. The van der Waals surface area contributed by atoms with Crippen LogP contribution in [0, 0.1) is 0 Å². The fourth-order valence-electron chi connectivity index (χ4n) is 1.99. The van der Waals surface area contributed by atoms with E-state index in [1.54, 1.807) is 0 Å².